The molecule has 0 aliphatic heterocycles. The Labute approximate surface area is 106 Å². The zero-order valence-electron chi connectivity index (χ0n) is 10.3. The molecule has 0 saturated heterocycles. The average molecular weight is 243 g/mol. The summed E-state index contributed by atoms with van der Waals surface area (Å²) >= 11 is 0. The molecule has 4 nitrogen and oxygen atoms in total. The molecule has 1 saturated carbocycles. The fourth-order valence-electron chi connectivity index (χ4n) is 2.92. The highest BCUT2D eigenvalue weighted by molar-refractivity contribution is 6.05. The second-order valence-electron chi connectivity index (χ2n) is 4.98. The van der Waals surface area contributed by atoms with Crippen LogP contribution >= 0.6 is 0 Å². The van der Waals surface area contributed by atoms with Gasteiger partial charge in [-0.25, -0.2) is 4.98 Å². The van der Waals surface area contributed by atoms with Crippen LogP contribution in [0, 0.1) is 0 Å². The monoisotopic (exact) mass is 243 g/mol. The Morgan fingerprint density at radius 1 is 1.33 bits per heavy atom. The van der Waals surface area contributed by atoms with Crippen LogP contribution in [-0.2, 0) is 0 Å². The van der Waals surface area contributed by atoms with Gasteiger partial charge in [0.05, 0.1) is 5.56 Å². The molecule has 0 atom stereocenters. The largest absolute Gasteiger partial charge is 0.366 e. The van der Waals surface area contributed by atoms with Crippen LogP contribution in [-0.4, -0.2) is 15.5 Å². The number of nitrogens with zero attached hydrogens (tertiary/aromatic N) is 2. The van der Waals surface area contributed by atoms with E-state index in [1.807, 2.05) is 18.3 Å². The molecule has 2 heterocycles. The number of hydrogen-bond donors (Lipinski definition) is 1. The van der Waals surface area contributed by atoms with Gasteiger partial charge in [-0.1, -0.05) is 19.3 Å². The first kappa shape index (κ1) is 11.3. The molecule has 18 heavy (non-hydrogen) atoms. The number of carbonyl (C=O) groups is 1. The molecule has 0 bridgehead atoms. The van der Waals surface area contributed by atoms with E-state index in [9.17, 15) is 4.79 Å². The van der Waals surface area contributed by atoms with Gasteiger partial charge in [-0.05, 0) is 25.0 Å². The number of amides is 1. The summed E-state index contributed by atoms with van der Waals surface area (Å²) in [5.74, 6) is -0.373. The molecule has 1 fully saturated rings. The van der Waals surface area contributed by atoms with Gasteiger partial charge in [-0.3, -0.25) is 4.79 Å². The van der Waals surface area contributed by atoms with Gasteiger partial charge in [0.1, 0.15) is 5.65 Å². The molecule has 94 valence electrons. The van der Waals surface area contributed by atoms with Crippen molar-refractivity contribution in [1.29, 1.82) is 0 Å². The number of pyridine rings is 1. The summed E-state index contributed by atoms with van der Waals surface area (Å²) in [5, 5.41) is 0.871. The van der Waals surface area contributed by atoms with Gasteiger partial charge in [0.25, 0.3) is 5.91 Å². The van der Waals surface area contributed by atoms with Gasteiger partial charge in [0, 0.05) is 23.8 Å². The van der Waals surface area contributed by atoms with Crippen molar-refractivity contribution >= 4 is 16.9 Å². The summed E-state index contributed by atoms with van der Waals surface area (Å²) in [6.07, 6.45) is 9.80. The molecule has 1 aliphatic carbocycles. The van der Waals surface area contributed by atoms with E-state index in [2.05, 4.69) is 9.55 Å². The molecule has 1 aliphatic rings. The van der Waals surface area contributed by atoms with E-state index in [4.69, 9.17) is 5.73 Å². The smallest absolute Gasteiger partial charge is 0.250 e. The third kappa shape index (κ3) is 1.78. The van der Waals surface area contributed by atoms with Crippen molar-refractivity contribution in [2.75, 3.05) is 0 Å². The van der Waals surface area contributed by atoms with Crippen LogP contribution in [0.5, 0.6) is 0 Å². The van der Waals surface area contributed by atoms with Crippen LogP contribution in [0.1, 0.15) is 48.5 Å². The van der Waals surface area contributed by atoms with Crippen LogP contribution in [0.4, 0.5) is 0 Å². The molecule has 4 heteroatoms. The number of aromatic nitrogens is 2. The molecule has 0 aromatic carbocycles. The van der Waals surface area contributed by atoms with Crippen LogP contribution in [0.3, 0.4) is 0 Å². The maximum absolute atomic E-state index is 11.5. The van der Waals surface area contributed by atoms with E-state index in [0.717, 1.165) is 11.0 Å². The van der Waals surface area contributed by atoms with Crippen LogP contribution in [0.2, 0.25) is 0 Å². The summed E-state index contributed by atoms with van der Waals surface area (Å²) in [5.41, 5.74) is 6.92. The van der Waals surface area contributed by atoms with Crippen molar-refractivity contribution in [1.82, 2.24) is 9.55 Å². The lowest BCUT2D eigenvalue weighted by Crippen LogP contribution is -2.13. The van der Waals surface area contributed by atoms with E-state index in [1.165, 1.54) is 32.1 Å². The second kappa shape index (κ2) is 4.44. The average Bonchev–Trinajstić information content (AvgIpc) is 2.79. The van der Waals surface area contributed by atoms with E-state index >= 15 is 0 Å². The summed E-state index contributed by atoms with van der Waals surface area (Å²) in [6, 6.07) is 4.23. The molecule has 0 radical (unpaired) electrons. The quantitative estimate of drug-likeness (QED) is 0.881. The highest BCUT2D eigenvalue weighted by atomic mass is 16.1. The van der Waals surface area contributed by atoms with Gasteiger partial charge in [-0.15, -0.1) is 0 Å². The molecular formula is C14H17N3O. The Bertz CT molecular complexity index is 582. The standard InChI is InChI=1S/C14H17N3O/c15-13(18)12-9-17(10-5-2-1-3-6-10)14-11(12)7-4-8-16-14/h4,7-10H,1-3,5-6H2,(H2,15,18). The van der Waals surface area contributed by atoms with E-state index in [-0.39, 0.29) is 5.91 Å². The van der Waals surface area contributed by atoms with Crippen molar-refractivity contribution in [2.24, 2.45) is 5.73 Å². The minimum atomic E-state index is -0.373. The minimum absolute atomic E-state index is 0.373. The SMILES string of the molecule is NC(=O)c1cn(C2CCCCC2)c2ncccc12. The van der Waals surface area contributed by atoms with Crippen LogP contribution in [0.25, 0.3) is 11.0 Å². The summed E-state index contributed by atoms with van der Waals surface area (Å²) < 4.78 is 2.15. The molecular weight excluding hydrogens is 226 g/mol. The predicted octanol–water partition coefficient (Wildman–Crippen LogP) is 2.64. The fraction of sp³-hybridized carbons (Fsp3) is 0.429. The lowest BCUT2D eigenvalue weighted by molar-refractivity contribution is 0.100. The molecule has 0 spiro atoms. The van der Waals surface area contributed by atoms with Gasteiger partial charge >= 0.3 is 0 Å². The highest BCUT2D eigenvalue weighted by Crippen LogP contribution is 2.32. The normalized spacial score (nSPS) is 17.1. The Balaban J connectivity index is 2.13. The number of hydrogen-bond acceptors (Lipinski definition) is 2. The Hall–Kier alpha value is -1.84. The van der Waals surface area contributed by atoms with E-state index < -0.39 is 0 Å². The van der Waals surface area contributed by atoms with Crippen molar-refractivity contribution in [3.63, 3.8) is 0 Å². The Morgan fingerprint density at radius 3 is 2.83 bits per heavy atom. The minimum Gasteiger partial charge on any atom is -0.366 e. The first-order valence-corrected chi connectivity index (χ1v) is 6.53. The lowest BCUT2D eigenvalue weighted by atomic mass is 9.95. The topological polar surface area (TPSA) is 60.9 Å². The van der Waals surface area contributed by atoms with Crippen molar-refractivity contribution in [3.8, 4) is 0 Å². The maximum Gasteiger partial charge on any atom is 0.250 e. The van der Waals surface area contributed by atoms with Gasteiger partial charge in [0.2, 0.25) is 0 Å². The van der Waals surface area contributed by atoms with E-state index in [0.29, 0.717) is 11.6 Å². The molecule has 0 unspecified atom stereocenters. The molecule has 1 amide bonds. The number of primary amides is 1. The number of fused-ring (bicyclic) bond motifs is 1. The summed E-state index contributed by atoms with van der Waals surface area (Å²) in [6.45, 7) is 0. The van der Waals surface area contributed by atoms with Crippen molar-refractivity contribution in [2.45, 2.75) is 38.1 Å². The zero-order valence-corrected chi connectivity index (χ0v) is 10.3. The second-order valence-corrected chi connectivity index (χ2v) is 4.98. The van der Waals surface area contributed by atoms with Gasteiger partial charge in [-0.2, -0.15) is 0 Å². The third-order valence-corrected chi connectivity index (χ3v) is 3.82. The van der Waals surface area contributed by atoms with E-state index in [1.54, 1.807) is 6.20 Å². The van der Waals surface area contributed by atoms with Gasteiger partial charge < -0.3 is 10.3 Å². The van der Waals surface area contributed by atoms with Gasteiger partial charge in [0.15, 0.2) is 0 Å². The molecule has 2 N–H and O–H groups in total. The maximum atomic E-state index is 11.5. The highest BCUT2D eigenvalue weighted by Gasteiger charge is 2.20. The predicted molar refractivity (Wildman–Crippen MR) is 70.4 cm³/mol. The first-order valence-electron chi connectivity index (χ1n) is 6.53. The van der Waals surface area contributed by atoms with Crippen molar-refractivity contribution in [3.05, 3.63) is 30.1 Å². The molecule has 3 rings (SSSR count). The summed E-state index contributed by atoms with van der Waals surface area (Å²) in [4.78, 5) is 15.9. The fourth-order valence-corrected chi connectivity index (χ4v) is 2.92. The van der Waals surface area contributed by atoms with Crippen molar-refractivity contribution < 1.29 is 4.79 Å². The summed E-state index contributed by atoms with van der Waals surface area (Å²) in [7, 11) is 0. The number of carbonyl (C=O) groups excluding carboxylic acids is 1. The number of rotatable bonds is 2. The number of nitrogens with two attached hydrogens (primary N) is 1. The van der Waals surface area contributed by atoms with Crippen LogP contribution in [0.15, 0.2) is 24.5 Å². The Morgan fingerprint density at radius 2 is 2.11 bits per heavy atom. The Kier molecular flexibility index (Phi) is 2.78. The van der Waals surface area contributed by atoms with Crippen LogP contribution < -0.4 is 5.73 Å². The zero-order chi connectivity index (χ0) is 12.5. The molecule has 2 aromatic heterocycles. The third-order valence-electron chi connectivity index (χ3n) is 3.82. The first-order chi connectivity index (χ1) is 8.77. The molecule has 2 aromatic rings. The lowest BCUT2D eigenvalue weighted by Gasteiger charge is -2.23.